The van der Waals surface area contributed by atoms with E-state index in [1.54, 1.807) is 0 Å². The lowest BCUT2D eigenvalue weighted by atomic mass is 9.97. The number of fused-ring (bicyclic) bond motifs is 3. The molecule has 114 valence electrons. The van der Waals surface area contributed by atoms with Gasteiger partial charge in [0.15, 0.2) is 0 Å². The molecule has 2 aromatic carbocycles. The maximum Gasteiger partial charge on any atom is 0.407 e. The van der Waals surface area contributed by atoms with Crippen molar-refractivity contribution in [3.8, 4) is 11.1 Å². The molecule has 0 heterocycles. The Balaban J connectivity index is 1.81. The molecule has 0 radical (unpaired) electrons. The highest BCUT2D eigenvalue weighted by Crippen LogP contribution is 2.44. The standard InChI is InChI=1S/C19H21NO2/c1-19(2,3)22-18(21)20-12-17-15-10-6-4-8-13(15)14-9-5-7-11-16(14)17/h4-11,17H,12H2,1-3H3,(H,20,21). The Morgan fingerprint density at radius 2 is 1.50 bits per heavy atom. The fourth-order valence-electron chi connectivity index (χ4n) is 2.98. The van der Waals surface area contributed by atoms with E-state index < -0.39 is 5.60 Å². The quantitative estimate of drug-likeness (QED) is 0.896. The minimum Gasteiger partial charge on any atom is -0.444 e. The van der Waals surface area contributed by atoms with E-state index in [1.807, 2.05) is 32.9 Å². The van der Waals surface area contributed by atoms with Crippen molar-refractivity contribution >= 4 is 6.09 Å². The van der Waals surface area contributed by atoms with Crippen LogP contribution in [-0.2, 0) is 4.74 Å². The number of benzene rings is 2. The first-order valence-electron chi connectivity index (χ1n) is 7.61. The van der Waals surface area contributed by atoms with Crippen molar-refractivity contribution in [2.45, 2.75) is 32.3 Å². The molecule has 0 aromatic heterocycles. The summed E-state index contributed by atoms with van der Waals surface area (Å²) in [6.45, 7) is 6.15. The highest BCUT2D eigenvalue weighted by atomic mass is 16.6. The van der Waals surface area contributed by atoms with E-state index >= 15 is 0 Å². The lowest BCUT2D eigenvalue weighted by Gasteiger charge is -2.21. The van der Waals surface area contributed by atoms with Crippen LogP contribution in [0.5, 0.6) is 0 Å². The second-order valence-corrected chi connectivity index (χ2v) is 6.61. The van der Waals surface area contributed by atoms with Gasteiger partial charge < -0.3 is 10.1 Å². The van der Waals surface area contributed by atoms with Gasteiger partial charge in [-0.1, -0.05) is 48.5 Å². The Bertz CT molecular complexity index is 655. The van der Waals surface area contributed by atoms with Gasteiger partial charge in [-0.15, -0.1) is 0 Å². The van der Waals surface area contributed by atoms with Crippen molar-refractivity contribution in [2.75, 3.05) is 6.54 Å². The van der Waals surface area contributed by atoms with E-state index in [4.69, 9.17) is 4.74 Å². The summed E-state index contributed by atoms with van der Waals surface area (Å²) in [4.78, 5) is 11.9. The lowest BCUT2D eigenvalue weighted by molar-refractivity contribution is 0.0526. The second-order valence-electron chi connectivity index (χ2n) is 6.61. The average molecular weight is 295 g/mol. The van der Waals surface area contributed by atoms with Crippen molar-refractivity contribution in [1.29, 1.82) is 0 Å². The van der Waals surface area contributed by atoms with E-state index in [1.165, 1.54) is 22.3 Å². The Kier molecular flexibility index (Phi) is 3.65. The monoisotopic (exact) mass is 295 g/mol. The number of hydrogen-bond donors (Lipinski definition) is 1. The maximum atomic E-state index is 11.9. The molecule has 0 atom stereocenters. The van der Waals surface area contributed by atoms with Crippen LogP contribution in [0.25, 0.3) is 11.1 Å². The largest absolute Gasteiger partial charge is 0.444 e. The molecule has 0 aliphatic heterocycles. The average Bonchev–Trinajstić information content (AvgIpc) is 2.78. The molecule has 1 aliphatic carbocycles. The summed E-state index contributed by atoms with van der Waals surface area (Å²) in [5.41, 5.74) is 4.57. The van der Waals surface area contributed by atoms with E-state index in [9.17, 15) is 4.79 Å². The van der Waals surface area contributed by atoms with E-state index in [-0.39, 0.29) is 12.0 Å². The van der Waals surface area contributed by atoms with Gasteiger partial charge in [-0.3, -0.25) is 0 Å². The predicted octanol–water partition coefficient (Wildman–Crippen LogP) is 4.32. The molecule has 0 saturated heterocycles. The van der Waals surface area contributed by atoms with Crippen molar-refractivity contribution in [2.24, 2.45) is 0 Å². The molecule has 1 aliphatic rings. The summed E-state index contributed by atoms with van der Waals surface area (Å²) in [5, 5.41) is 2.90. The Labute approximate surface area is 131 Å². The highest BCUT2D eigenvalue weighted by molar-refractivity contribution is 5.79. The van der Waals surface area contributed by atoms with Gasteiger partial charge in [0.25, 0.3) is 0 Å². The van der Waals surface area contributed by atoms with Crippen LogP contribution in [0, 0.1) is 0 Å². The van der Waals surface area contributed by atoms with Gasteiger partial charge in [-0.25, -0.2) is 4.79 Å². The van der Waals surface area contributed by atoms with Crippen molar-refractivity contribution < 1.29 is 9.53 Å². The molecular weight excluding hydrogens is 274 g/mol. The summed E-state index contributed by atoms with van der Waals surface area (Å²) >= 11 is 0. The molecule has 2 aromatic rings. The molecule has 0 unspecified atom stereocenters. The fraction of sp³-hybridized carbons (Fsp3) is 0.316. The van der Waals surface area contributed by atoms with Gasteiger partial charge in [0, 0.05) is 12.5 Å². The highest BCUT2D eigenvalue weighted by Gasteiger charge is 2.28. The molecule has 3 nitrogen and oxygen atoms in total. The smallest absolute Gasteiger partial charge is 0.407 e. The summed E-state index contributed by atoms with van der Waals surface area (Å²) < 4.78 is 5.32. The van der Waals surface area contributed by atoms with Crippen molar-refractivity contribution in [3.63, 3.8) is 0 Å². The third-order valence-corrected chi connectivity index (χ3v) is 3.81. The number of hydrogen-bond acceptors (Lipinski definition) is 2. The van der Waals surface area contributed by atoms with Crippen LogP contribution < -0.4 is 5.32 Å². The summed E-state index contributed by atoms with van der Waals surface area (Å²) in [6, 6.07) is 16.8. The zero-order chi connectivity index (χ0) is 15.7. The zero-order valence-corrected chi connectivity index (χ0v) is 13.2. The molecule has 1 amide bonds. The molecule has 0 bridgehead atoms. The first kappa shape index (κ1) is 14.6. The minimum atomic E-state index is -0.477. The SMILES string of the molecule is CC(C)(C)OC(=O)NCC1c2ccccc2-c2ccccc21. The number of amides is 1. The molecule has 0 spiro atoms. The first-order valence-corrected chi connectivity index (χ1v) is 7.61. The van der Waals surface area contributed by atoms with Gasteiger partial charge >= 0.3 is 6.09 Å². The van der Waals surface area contributed by atoms with Crippen LogP contribution in [0.1, 0.15) is 37.8 Å². The Hall–Kier alpha value is -2.29. The summed E-state index contributed by atoms with van der Waals surface area (Å²) in [6.07, 6.45) is -0.366. The molecule has 1 N–H and O–H groups in total. The van der Waals surface area contributed by atoms with Crippen molar-refractivity contribution in [3.05, 3.63) is 59.7 Å². The number of carbonyl (C=O) groups is 1. The van der Waals surface area contributed by atoms with E-state index in [2.05, 4.69) is 41.7 Å². The van der Waals surface area contributed by atoms with Gasteiger partial charge in [-0.2, -0.15) is 0 Å². The third-order valence-electron chi connectivity index (χ3n) is 3.81. The molecular formula is C19H21NO2. The summed E-state index contributed by atoms with van der Waals surface area (Å²) in [7, 11) is 0. The van der Waals surface area contributed by atoms with Gasteiger partial charge in [0.05, 0.1) is 0 Å². The number of nitrogens with one attached hydrogen (secondary N) is 1. The number of carbonyl (C=O) groups excluding carboxylic acids is 1. The normalized spacial score (nSPS) is 13.4. The van der Waals surface area contributed by atoms with E-state index in [0.29, 0.717) is 6.54 Å². The van der Waals surface area contributed by atoms with Crippen LogP contribution in [-0.4, -0.2) is 18.2 Å². The van der Waals surface area contributed by atoms with Crippen LogP contribution in [0.15, 0.2) is 48.5 Å². The second kappa shape index (κ2) is 5.48. The van der Waals surface area contributed by atoms with Crippen molar-refractivity contribution in [1.82, 2.24) is 5.32 Å². The van der Waals surface area contributed by atoms with Crippen LogP contribution in [0.4, 0.5) is 4.79 Å². The molecule has 3 heteroatoms. The summed E-state index contributed by atoms with van der Waals surface area (Å²) in [5.74, 6) is 0.180. The fourth-order valence-corrected chi connectivity index (χ4v) is 2.98. The van der Waals surface area contributed by atoms with Crippen LogP contribution in [0.3, 0.4) is 0 Å². The Morgan fingerprint density at radius 3 is 2.00 bits per heavy atom. The number of ether oxygens (including phenoxy) is 1. The minimum absolute atomic E-state index is 0.180. The van der Waals surface area contributed by atoms with Crippen LogP contribution >= 0.6 is 0 Å². The first-order chi connectivity index (χ1) is 10.5. The number of alkyl carbamates (subject to hydrolysis) is 1. The molecule has 0 saturated carbocycles. The predicted molar refractivity (Wildman–Crippen MR) is 88.0 cm³/mol. The van der Waals surface area contributed by atoms with Crippen LogP contribution in [0.2, 0.25) is 0 Å². The molecule has 0 fully saturated rings. The third kappa shape index (κ3) is 2.84. The van der Waals surface area contributed by atoms with Gasteiger partial charge in [-0.05, 0) is 43.0 Å². The zero-order valence-electron chi connectivity index (χ0n) is 13.2. The van der Waals surface area contributed by atoms with Gasteiger partial charge in [0.2, 0.25) is 0 Å². The lowest BCUT2D eigenvalue weighted by Crippen LogP contribution is -2.34. The topological polar surface area (TPSA) is 38.3 Å². The number of rotatable bonds is 2. The van der Waals surface area contributed by atoms with Gasteiger partial charge in [0.1, 0.15) is 5.60 Å². The molecule has 3 rings (SSSR count). The molecule has 22 heavy (non-hydrogen) atoms. The maximum absolute atomic E-state index is 11.9. The Morgan fingerprint density at radius 1 is 1.00 bits per heavy atom. The van der Waals surface area contributed by atoms with E-state index in [0.717, 1.165) is 0 Å².